The van der Waals surface area contributed by atoms with E-state index in [1.165, 1.54) is 16.2 Å². The summed E-state index contributed by atoms with van der Waals surface area (Å²) >= 11 is 0. The van der Waals surface area contributed by atoms with E-state index in [0.29, 0.717) is 13.1 Å². The summed E-state index contributed by atoms with van der Waals surface area (Å²) in [6.45, 7) is 1.98. The number of fused-ring (bicyclic) bond motifs is 5. The summed E-state index contributed by atoms with van der Waals surface area (Å²) in [6, 6.07) is 8.65. The van der Waals surface area contributed by atoms with Crippen LogP contribution in [-0.4, -0.2) is 63.5 Å². The number of guanidine groups is 1. The monoisotopic (exact) mass is 437 g/mol. The van der Waals surface area contributed by atoms with Gasteiger partial charge in [0.15, 0.2) is 5.96 Å². The number of aliphatic imine (C=N–C) groups is 1. The third-order valence-electron chi connectivity index (χ3n) is 7.02. The number of hydrogen-bond acceptors (Lipinski definition) is 4. The number of anilines is 1. The first-order valence-electron chi connectivity index (χ1n) is 11.7. The highest BCUT2D eigenvalue weighted by Gasteiger charge is 2.58. The largest absolute Gasteiger partial charge is 0.378 e. The summed E-state index contributed by atoms with van der Waals surface area (Å²) in [5.74, 6) is 1.19. The first-order valence-corrected chi connectivity index (χ1v) is 11.7. The van der Waals surface area contributed by atoms with Crippen LogP contribution in [0.1, 0.15) is 24.8 Å². The molecule has 2 fully saturated rings. The topological polar surface area (TPSA) is 77.0 Å². The zero-order chi connectivity index (χ0) is 22.7. The Bertz CT molecular complexity index is 862. The summed E-state index contributed by atoms with van der Waals surface area (Å²) in [7, 11) is 5.85. The molecule has 1 aliphatic heterocycles. The third-order valence-corrected chi connectivity index (χ3v) is 7.02. The first-order chi connectivity index (χ1) is 15.5. The normalized spacial score (nSPS) is 26.1. The zero-order valence-corrected chi connectivity index (χ0v) is 19.4. The Labute approximate surface area is 190 Å². The summed E-state index contributed by atoms with van der Waals surface area (Å²) < 4.78 is 0. The van der Waals surface area contributed by atoms with Gasteiger partial charge in [0.05, 0.1) is 11.8 Å². The molecule has 2 bridgehead atoms. The number of amides is 2. The smallest absolute Gasteiger partial charge is 0.233 e. The second kappa shape index (κ2) is 9.76. The maximum absolute atomic E-state index is 12.7. The van der Waals surface area contributed by atoms with Gasteiger partial charge in [-0.25, -0.2) is 0 Å². The Morgan fingerprint density at radius 3 is 2.16 bits per heavy atom. The van der Waals surface area contributed by atoms with Crippen molar-refractivity contribution < 1.29 is 9.59 Å². The first kappa shape index (κ1) is 22.4. The lowest BCUT2D eigenvalue weighted by molar-refractivity contribution is -0.140. The van der Waals surface area contributed by atoms with E-state index >= 15 is 0 Å². The average Bonchev–Trinajstić information content (AvgIpc) is 3.47. The van der Waals surface area contributed by atoms with Gasteiger partial charge in [-0.05, 0) is 55.2 Å². The fraction of sp³-hybridized carbons (Fsp3) is 0.560. The highest BCUT2D eigenvalue weighted by molar-refractivity contribution is 6.06. The number of carbonyl (C=O) groups is 2. The van der Waals surface area contributed by atoms with E-state index in [9.17, 15) is 9.59 Å². The van der Waals surface area contributed by atoms with Crippen molar-refractivity contribution in [2.45, 2.75) is 25.7 Å². The summed E-state index contributed by atoms with van der Waals surface area (Å²) in [5, 5.41) is 6.64. The fourth-order valence-electron chi connectivity index (χ4n) is 5.31. The summed E-state index contributed by atoms with van der Waals surface area (Å²) in [6.07, 6.45) is 7.99. The lowest BCUT2D eigenvalue weighted by atomic mass is 9.85. The molecule has 1 saturated heterocycles. The highest BCUT2D eigenvalue weighted by Crippen LogP contribution is 2.52. The lowest BCUT2D eigenvalue weighted by Gasteiger charge is -2.18. The molecule has 172 valence electrons. The van der Waals surface area contributed by atoms with Gasteiger partial charge in [-0.15, -0.1) is 0 Å². The maximum atomic E-state index is 12.7. The Hall–Kier alpha value is -2.83. The average molecular weight is 438 g/mol. The summed E-state index contributed by atoms with van der Waals surface area (Å²) in [4.78, 5) is 33.3. The predicted octanol–water partition coefficient (Wildman–Crippen LogP) is 2.05. The van der Waals surface area contributed by atoms with Crippen LogP contribution in [0.2, 0.25) is 0 Å². The molecule has 1 saturated carbocycles. The lowest BCUT2D eigenvalue weighted by Crippen LogP contribution is -2.40. The molecule has 0 radical (unpaired) electrons. The van der Waals surface area contributed by atoms with Crippen molar-refractivity contribution in [2.24, 2.45) is 28.7 Å². The van der Waals surface area contributed by atoms with Crippen LogP contribution in [0, 0.1) is 23.7 Å². The van der Waals surface area contributed by atoms with Crippen molar-refractivity contribution in [1.82, 2.24) is 15.5 Å². The van der Waals surface area contributed by atoms with Crippen LogP contribution in [0.15, 0.2) is 41.4 Å². The van der Waals surface area contributed by atoms with E-state index in [0.717, 1.165) is 38.2 Å². The van der Waals surface area contributed by atoms with Gasteiger partial charge in [0.2, 0.25) is 11.8 Å². The number of hydrogen-bond donors (Lipinski definition) is 2. The van der Waals surface area contributed by atoms with E-state index in [1.807, 2.05) is 14.1 Å². The van der Waals surface area contributed by atoms with Gasteiger partial charge in [-0.1, -0.05) is 24.3 Å². The quantitative estimate of drug-likeness (QED) is 0.203. The van der Waals surface area contributed by atoms with Gasteiger partial charge in [-0.2, -0.15) is 0 Å². The number of nitrogens with one attached hydrogen (secondary N) is 2. The Kier molecular flexibility index (Phi) is 6.82. The molecule has 0 aromatic heterocycles. The molecule has 1 heterocycles. The predicted molar refractivity (Wildman–Crippen MR) is 128 cm³/mol. The van der Waals surface area contributed by atoms with Crippen molar-refractivity contribution in [2.75, 3.05) is 45.7 Å². The maximum Gasteiger partial charge on any atom is 0.233 e. The van der Waals surface area contributed by atoms with Crippen molar-refractivity contribution in [3.05, 3.63) is 42.0 Å². The summed E-state index contributed by atoms with van der Waals surface area (Å²) in [5.41, 5.74) is 2.54. The molecule has 4 atom stereocenters. The van der Waals surface area contributed by atoms with Gasteiger partial charge < -0.3 is 15.5 Å². The molecular formula is C25H35N5O2. The molecule has 2 N–H and O–H groups in total. The Balaban J connectivity index is 1.13. The molecule has 0 spiro atoms. The van der Waals surface area contributed by atoms with E-state index in [2.05, 4.69) is 56.9 Å². The Morgan fingerprint density at radius 1 is 1.00 bits per heavy atom. The van der Waals surface area contributed by atoms with Crippen LogP contribution in [0.5, 0.6) is 0 Å². The Morgan fingerprint density at radius 2 is 1.59 bits per heavy atom. The minimum absolute atomic E-state index is 0.0398. The number of aryl methyl sites for hydroxylation is 1. The fourth-order valence-corrected chi connectivity index (χ4v) is 5.31. The molecule has 32 heavy (non-hydrogen) atoms. The van der Waals surface area contributed by atoms with E-state index < -0.39 is 0 Å². The van der Waals surface area contributed by atoms with Gasteiger partial charge in [0.1, 0.15) is 0 Å². The SMILES string of the molecule is CN=C(NCCCc1ccc(N(C)C)cc1)NCCCN1C(=O)C2C3C=CC(C3)C2C1=O. The molecule has 4 unspecified atom stereocenters. The minimum atomic E-state index is -0.0982. The van der Waals surface area contributed by atoms with Gasteiger partial charge >= 0.3 is 0 Å². The number of carbonyl (C=O) groups excluding carboxylic acids is 2. The number of likely N-dealkylation sites (tertiary alicyclic amines) is 1. The number of allylic oxidation sites excluding steroid dienone is 2. The standard InChI is InChI=1S/C25H35N5O2/c1-26-25(27-13-4-6-17-7-11-20(12-8-17)29(2)3)28-14-5-15-30-23(31)21-18-9-10-19(16-18)22(21)24(30)32/h7-12,18-19,21-22H,4-6,13-16H2,1-3H3,(H2,26,27,28). The van der Waals surface area contributed by atoms with Crippen LogP contribution in [0.3, 0.4) is 0 Å². The van der Waals surface area contributed by atoms with Crippen molar-refractivity contribution in [1.29, 1.82) is 0 Å². The number of nitrogens with zero attached hydrogens (tertiary/aromatic N) is 3. The van der Waals surface area contributed by atoms with Gasteiger partial charge in [0, 0.05) is 46.5 Å². The van der Waals surface area contributed by atoms with Gasteiger partial charge in [0.25, 0.3) is 0 Å². The molecule has 7 heteroatoms. The van der Waals surface area contributed by atoms with Crippen LogP contribution in [0.25, 0.3) is 0 Å². The van der Waals surface area contributed by atoms with E-state index in [-0.39, 0.29) is 35.5 Å². The molecule has 7 nitrogen and oxygen atoms in total. The molecule has 3 aliphatic rings. The van der Waals surface area contributed by atoms with Crippen LogP contribution < -0.4 is 15.5 Å². The van der Waals surface area contributed by atoms with E-state index in [4.69, 9.17) is 0 Å². The molecule has 1 aromatic rings. The van der Waals surface area contributed by atoms with Crippen molar-refractivity contribution in [3.63, 3.8) is 0 Å². The molecule has 2 amide bonds. The van der Waals surface area contributed by atoms with Crippen LogP contribution >= 0.6 is 0 Å². The number of benzene rings is 1. The molecular weight excluding hydrogens is 402 g/mol. The number of rotatable bonds is 9. The van der Waals surface area contributed by atoms with Crippen molar-refractivity contribution in [3.8, 4) is 0 Å². The molecule has 4 rings (SSSR count). The minimum Gasteiger partial charge on any atom is -0.378 e. The number of imide groups is 1. The van der Waals surface area contributed by atoms with Crippen molar-refractivity contribution >= 4 is 23.5 Å². The van der Waals surface area contributed by atoms with Crippen LogP contribution in [0.4, 0.5) is 5.69 Å². The van der Waals surface area contributed by atoms with Gasteiger partial charge in [-0.3, -0.25) is 19.5 Å². The van der Waals surface area contributed by atoms with E-state index in [1.54, 1.807) is 7.05 Å². The molecule has 2 aliphatic carbocycles. The second-order valence-electron chi connectivity index (χ2n) is 9.27. The van der Waals surface area contributed by atoms with Crippen LogP contribution in [-0.2, 0) is 16.0 Å². The molecule has 1 aromatic carbocycles. The second-order valence-corrected chi connectivity index (χ2v) is 9.27. The third kappa shape index (κ3) is 4.52. The zero-order valence-electron chi connectivity index (χ0n) is 19.4. The highest BCUT2D eigenvalue weighted by atomic mass is 16.2.